The molecular weight excluding hydrogens is 611 g/mol. The van der Waals surface area contributed by atoms with Crippen LogP contribution in [-0.4, -0.2) is 25.2 Å². The second-order valence-electron chi connectivity index (χ2n) is 12.8. The molecule has 0 N–H and O–H groups in total. The van der Waals surface area contributed by atoms with Crippen molar-refractivity contribution in [1.82, 2.24) is 0 Å². The summed E-state index contributed by atoms with van der Waals surface area (Å²) in [5.74, 6) is 0.533. The number of amides is 3. The summed E-state index contributed by atoms with van der Waals surface area (Å²) in [7, 11) is 0. The molecule has 0 spiro atoms. The van der Waals surface area contributed by atoms with E-state index in [1.165, 1.54) is 108 Å². The molecule has 0 saturated carbocycles. The Morgan fingerprint density at radius 1 is 0.562 bits per heavy atom. The average molecular weight is 671 g/mol. The Morgan fingerprint density at radius 3 is 1.33 bits per heavy atom. The number of unbranched alkanes of at least 4 members (excludes halogenated alkanes) is 18. The Morgan fingerprint density at radius 2 is 0.938 bits per heavy atom. The van der Waals surface area contributed by atoms with Crippen LogP contribution in [0.5, 0.6) is 11.5 Å². The predicted octanol–water partition coefficient (Wildman–Crippen LogP) is 7.46. The third kappa shape index (κ3) is 14.6. The summed E-state index contributed by atoms with van der Waals surface area (Å²) in [5.41, 5.74) is 0.566. The van der Waals surface area contributed by atoms with Crippen LogP contribution < -0.4 is 53.9 Å². The minimum Gasteiger partial charge on any atom is -0.876 e. The van der Waals surface area contributed by atoms with Crippen LogP contribution in [-0.2, 0) is 4.79 Å². The zero-order valence-electron chi connectivity index (χ0n) is 30.2. The molecule has 0 bridgehead atoms. The van der Waals surface area contributed by atoms with E-state index in [9.17, 15) is 14.7 Å². The van der Waals surface area contributed by atoms with Crippen molar-refractivity contribution in [2.75, 3.05) is 23.0 Å². The zero-order valence-corrected chi connectivity index (χ0v) is 32.2. The molecular formula is C40H59N2NaO5. The maximum Gasteiger partial charge on any atom is 1.00 e. The van der Waals surface area contributed by atoms with Gasteiger partial charge in [-0.05, 0) is 37.1 Å². The van der Waals surface area contributed by atoms with Crippen molar-refractivity contribution in [2.45, 2.75) is 142 Å². The van der Waals surface area contributed by atoms with Gasteiger partial charge in [0.15, 0.2) is 0 Å². The van der Waals surface area contributed by atoms with Gasteiger partial charge in [0.1, 0.15) is 17.2 Å². The number of ether oxygens (including phenoxy) is 2. The van der Waals surface area contributed by atoms with E-state index >= 15 is 0 Å². The van der Waals surface area contributed by atoms with E-state index in [0.717, 1.165) is 30.6 Å². The normalized spacial score (nSPS) is 13.8. The zero-order chi connectivity index (χ0) is 33.5. The molecule has 260 valence electrons. The van der Waals surface area contributed by atoms with Crippen LogP contribution in [0.25, 0.3) is 0 Å². The van der Waals surface area contributed by atoms with Crippen LogP contribution in [0.15, 0.2) is 60.5 Å². The number of hydrogen-bond acceptors (Lipinski definition) is 5. The Kier molecular flexibility index (Phi) is 22.1. The first-order valence-electron chi connectivity index (χ1n) is 18.6. The molecule has 8 heteroatoms. The number of carbonyl (C=O) groups is 2. The Hall–Kier alpha value is -2.48. The van der Waals surface area contributed by atoms with Crippen LogP contribution in [0.4, 0.5) is 16.2 Å². The van der Waals surface area contributed by atoms with Crippen LogP contribution in [0, 0.1) is 0 Å². The number of hydrogen-bond donors (Lipinski definition) is 0. The molecule has 3 rings (SSSR count). The van der Waals surface area contributed by atoms with E-state index in [2.05, 4.69) is 13.8 Å². The molecule has 0 aliphatic carbocycles. The monoisotopic (exact) mass is 670 g/mol. The van der Waals surface area contributed by atoms with Crippen molar-refractivity contribution < 1.29 is 53.7 Å². The molecule has 2 aromatic rings. The molecule has 0 atom stereocenters. The summed E-state index contributed by atoms with van der Waals surface area (Å²) >= 11 is 0. The first-order chi connectivity index (χ1) is 23.1. The third-order valence-electron chi connectivity index (χ3n) is 8.84. The quantitative estimate of drug-likeness (QED) is 0.0341. The van der Waals surface area contributed by atoms with Gasteiger partial charge in [-0.3, -0.25) is 9.69 Å². The number of anilines is 2. The van der Waals surface area contributed by atoms with E-state index < -0.39 is 11.9 Å². The van der Waals surface area contributed by atoms with Gasteiger partial charge in [0, 0.05) is 12.1 Å². The number of imide groups is 1. The van der Waals surface area contributed by atoms with Crippen molar-refractivity contribution in [2.24, 2.45) is 0 Å². The summed E-state index contributed by atoms with van der Waals surface area (Å²) < 4.78 is 11.9. The first kappa shape index (κ1) is 41.7. The molecule has 1 saturated heterocycles. The molecule has 1 fully saturated rings. The van der Waals surface area contributed by atoms with Crippen molar-refractivity contribution in [3.63, 3.8) is 0 Å². The third-order valence-corrected chi connectivity index (χ3v) is 8.84. The molecule has 0 radical (unpaired) electrons. The van der Waals surface area contributed by atoms with Gasteiger partial charge in [-0.1, -0.05) is 142 Å². The van der Waals surface area contributed by atoms with E-state index in [0.29, 0.717) is 42.3 Å². The van der Waals surface area contributed by atoms with E-state index in [1.54, 1.807) is 36.4 Å². The number of nitrogens with zero attached hydrogens (tertiary/aromatic N) is 2. The predicted molar refractivity (Wildman–Crippen MR) is 191 cm³/mol. The average Bonchev–Trinajstić information content (AvgIpc) is 3.34. The van der Waals surface area contributed by atoms with Gasteiger partial charge in [0.2, 0.25) is 0 Å². The minimum absolute atomic E-state index is 0. The first-order valence-corrected chi connectivity index (χ1v) is 18.6. The van der Waals surface area contributed by atoms with Crippen LogP contribution in [0.2, 0.25) is 0 Å². The van der Waals surface area contributed by atoms with Crippen molar-refractivity contribution in [3.8, 4) is 11.5 Å². The molecule has 0 unspecified atom stereocenters. The van der Waals surface area contributed by atoms with Gasteiger partial charge in [0.05, 0.1) is 24.6 Å². The van der Waals surface area contributed by atoms with E-state index in [-0.39, 0.29) is 35.3 Å². The largest absolute Gasteiger partial charge is 1.00 e. The Bertz CT molecular complexity index is 1220. The molecule has 0 aromatic heterocycles. The van der Waals surface area contributed by atoms with Crippen LogP contribution in [0.1, 0.15) is 142 Å². The Balaban J connectivity index is 0.00000800. The maximum atomic E-state index is 13.6. The SMILES string of the molecule is CCCCCCCCCCCCOc1cccc(N2C(=O)/C(=C\[O-])N(c3cccc(OCCCCCCCCCCCC)c3)C2=O)c1.[Na+]. The fourth-order valence-electron chi connectivity index (χ4n) is 6.06. The molecule has 7 nitrogen and oxygen atoms in total. The molecule has 2 aromatic carbocycles. The molecule has 1 aliphatic rings. The number of rotatable bonds is 26. The number of urea groups is 1. The van der Waals surface area contributed by atoms with E-state index in [4.69, 9.17) is 9.47 Å². The van der Waals surface area contributed by atoms with Crippen LogP contribution >= 0.6 is 0 Å². The van der Waals surface area contributed by atoms with Gasteiger partial charge in [-0.2, -0.15) is 0 Å². The van der Waals surface area contributed by atoms with Crippen molar-refractivity contribution in [1.29, 1.82) is 0 Å². The topological polar surface area (TPSA) is 82.1 Å². The molecule has 1 aliphatic heterocycles. The van der Waals surface area contributed by atoms with Gasteiger partial charge >= 0.3 is 35.6 Å². The minimum atomic E-state index is -0.659. The second-order valence-corrected chi connectivity index (χ2v) is 12.8. The van der Waals surface area contributed by atoms with Gasteiger partial charge in [-0.25, -0.2) is 9.69 Å². The van der Waals surface area contributed by atoms with Crippen molar-refractivity contribution in [3.05, 3.63) is 60.5 Å². The summed E-state index contributed by atoms with van der Waals surface area (Å²) in [6.45, 7) is 5.65. The molecule has 48 heavy (non-hydrogen) atoms. The standard InChI is InChI=1S/C40H60N2O5.Na/c1-3-5-7-9-11-13-15-17-19-21-29-46-36-27-23-25-34(31-36)41-38(33-43)39(44)42(40(41)45)35-26-24-28-37(32-35)47-30-22-20-18-16-14-12-10-8-6-4-2;/h23-28,31-33,43H,3-22,29-30H2,1-2H3;/q;+1/p-1/b38-33+;. The number of carbonyl (C=O) groups excluding carboxylic acids is 2. The maximum absolute atomic E-state index is 13.6. The number of benzene rings is 2. The molecule has 3 amide bonds. The fourth-order valence-corrected chi connectivity index (χ4v) is 6.06. The Labute approximate surface area is 312 Å². The van der Waals surface area contributed by atoms with Crippen molar-refractivity contribution >= 4 is 23.3 Å². The van der Waals surface area contributed by atoms with E-state index in [1.807, 2.05) is 12.1 Å². The summed E-state index contributed by atoms with van der Waals surface area (Å²) in [5, 5.41) is 12.1. The summed E-state index contributed by atoms with van der Waals surface area (Å²) in [6, 6.07) is 13.4. The summed E-state index contributed by atoms with van der Waals surface area (Å²) in [4.78, 5) is 29.1. The smallest absolute Gasteiger partial charge is 0.876 e. The van der Waals surface area contributed by atoms with Crippen LogP contribution in [0.3, 0.4) is 0 Å². The van der Waals surface area contributed by atoms with Gasteiger partial charge < -0.3 is 14.6 Å². The molecule has 1 heterocycles. The fraction of sp³-hybridized carbons (Fsp3) is 0.600. The van der Waals surface area contributed by atoms with Gasteiger partial charge in [-0.15, -0.1) is 6.26 Å². The second kappa shape index (κ2) is 25.5. The van der Waals surface area contributed by atoms with Gasteiger partial charge in [0.25, 0.3) is 5.91 Å². The summed E-state index contributed by atoms with van der Waals surface area (Å²) in [6.07, 6.45) is 25.5.